The van der Waals surface area contributed by atoms with Crippen LogP contribution in [0.5, 0.6) is 0 Å². The molecule has 0 bridgehead atoms. The molecule has 1 saturated carbocycles. The van der Waals surface area contributed by atoms with Crippen molar-refractivity contribution in [2.45, 2.75) is 25.7 Å². The van der Waals surface area contributed by atoms with Gasteiger partial charge in [-0.15, -0.1) is 0 Å². The summed E-state index contributed by atoms with van der Waals surface area (Å²) >= 11 is 0. The van der Waals surface area contributed by atoms with Crippen LogP contribution in [0.3, 0.4) is 0 Å². The van der Waals surface area contributed by atoms with Crippen LogP contribution in [0.2, 0.25) is 0 Å². The maximum absolute atomic E-state index is 13.0. The number of anilines is 1. The second-order valence-corrected chi connectivity index (χ2v) is 7.20. The van der Waals surface area contributed by atoms with Crippen LogP contribution in [0, 0.1) is 5.41 Å². The summed E-state index contributed by atoms with van der Waals surface area (Å²) in [5.74, 6) is 0.169. The zero-order valence-electron chi connectivity index (χ0n) is 14.1. The van der Waals surface area contributed by atoms with Crippen LogP contribution in [0.1, 0.15) is 25.7 Å². The van der Waals surface area contributed by atoms with Crippen LogP contribution >= 0.6 is 0 Å². The van der Waals surface area contributed by atoms with Gasteiger partial charge >= 0.3 is 0 Å². The lowest BCUT2D eigenvalue weighted by molar-refractivity contribution is -0.149. The lowest BCUT2D eigenvalue weighted by Crippen LogP contribution is -2.53. The lowest BCUT2D eigenvalue weighted by Gasteiger charge is -2.38. The number of carbonyl (C=O) groups is 2. The van der Waals surface area contributed by atoms with Gasteiger partial charge < -0.3 is 14.7 Å². The summed E-state index contributed by atoms with van der Waals surface area (Å²) in [6, 6.07) is 10.3. The summed E-state index contributed by atoms with van der Waals surface area (Å²) in [6.45, 7) is 4.75. The quantitative estimate of drug-likeness (QED) is 0.794. The van der Waals surface area contributed by atoms with E-state index in [0.717, 1.165) is 51.9 Å². The summed E-state index contributed by atoms with van der Waals surface area (Å²) in [6.07, 6.45) is 3.62. The Labute approximate surface area is 143 Å². The van der Waals surface area contributed by atoms with Crippen LogP contribution in [-0.4, -0.2) is 60.9 Å². The number of nitrogens with zero attached hydrogens (tertiary/aromatic N) is 3. The molecule has 2 amide bonds. The minimum absolute atomic E-state index is 0.0760. The number of piperazine rings is 1. The molecular weight excluding hydrogens is 302 g/mol. The molecule has 3 aliphatic rings. The summed E-state index contributed by atoms with van der Waals surface area (Å²) in [7, 11) is 0. The summed E-state index contributed by atoms with van der Waals surface area (Å²) < 4.78 is 0. The van der Waals surface area contributed by atoms with Crippen LogP contribution in [0.4, 0.5) is 5.69 Å². The van der Waals surface area contributed by atoms with E-state index in [2.05, 4.69) is 17.0 Å². The molecule has 5 heteroatoms. The van der Waals surface area contributed by atoms with Gasteiger partial charge in [-0.25, -0.2) is 0 Å². The maximum atomic E-state index is 13.0. The molecule has 0 N–H and O–H groups in total. The summed E-state index contributed by atoms with van der Waals surface area (Å²) in [5, 5.41) is 0. The third-order valence-electron chi connectivity index (χ3n) is 5.65. The van der Waals surface area contributed by atoms with Crippen LogP contribution in [-0.2, 0) is 9.59 Å². The second-order valence-electron chi connectivity index (χ2n) is 7.20. The Morgan fingerprint density at radius 3 is 1.83 bits per heavy atom. The Balaban J connectivity index is 1.38. The minimum atomic E-state index is -0.709. The van der Waals surface area contributed by atoms with Crippen molar-refractivity contribution in [1.82, 2.24) is 9.80 Å². The Hall–Kier alpha value is -2.04. The highest BCUT2D eigenvalue weighted by molar-refractivity contribution is 6.08. The maximum Gasteiger partial charge on any atom is 0.238 e. The van der Waals surface area contributed by atoms with Gasteiger partial charge in [0.2, 0.25) is 11.8 Å². The molecule has 0 aromatic heterocycles. The van der Waals surface area contributed by atoms with E-state index in [9.17, 15) is 9.59 Å². The van der Waals surface area contributed by atoms with E-state index >= 15 is 0 Å². The largest absolute Gasteiger partial charge is 0.368 e. The molecular formula is C19H25N3O2. The number of rotatable bonds is 3. The van der Waals surface area contributed by atoms with Gasteiger partial charge in [0, 0.05) is 45.0 Å². The number of para-hydroxylation sites is 1. The number of amides is 2. The fraction of sp³-hybridized carbons (Fsp3) is 0.579. The number of carbonyl (C=O) groups excluding carboxylic acids is 2. The zero-order valence-corrected chi connectivity index (χ0v) is 14.1. The van der Waals surface area contributed by atoms with Gasteiger partial charge in [-0.05, 0) is 37.8 Å². The minimum Gasteiger partial charge on any atom is -0.368 e. The molecule has 1 aromatic rings. The first-order valence-corrected chi connectivity index (χ1v) is 9.09. The normalized spacial score (nSPS) is 22.6. The Kier molecular flexibility index (Phi) is 3.94. The third kappa shape index (κ3) is 2.66. The van der Waals surface area contributed by atoms with E-state index in [1.807, 2.05) is 28.0 Å². The van der Waals surface area contributed by atoms with Crippen molar-refractivity contribution in [3.63, 3.8) is 0 Å². The highest BCUT2D eigenvalue weighted by Crippen LogP contribution is 2.49. The molecule has 1 aliphatic carbocycles. The smallest absolute Gasteiger partial charge is 0.238 e. The Morgan fingerprint density at radius 2 is 1.29 bits per heavy atom. The molecule has 1 aromatic carbocycles. The van der Waals surface area contributed by atoms with Crippen LogP contribution in [0.15, 0.2) is 30.3 Å². The lowest BCUT2D eigenvalue weighted by atomic mass is 10.0. The van der Waals surface area contributed by atoms with Crippen molar-refractivity contribution >= 4 is 17.5 Å². The molecule has 0 atom stereocenters. The first-order chi connectivity index (χ1) is 11.7. The van der Waals surface area contributed by atoms with Gasteiger partial charge in [0.25, 0.3) is 0 Å². The summed E-state index contributed by atoms with van der Waals surface area (Å²) in [4.78, 5) is 31.9. The highest BCUT2D eigenvalue weighted by atomic mass is 16.2. The average Bonchev–Trinajstić information content (AvgIpc) is 3.27. The van der Waals surface area contributed by atoms with Gasteiger partial charge in [-0.2, -0.15) is 0 Å². The Morgan fingerprint density at radius 1 is 0.750 bits per heavy atom. The Bertz CT molecular complexity index is 613. The van der Waals surface area contributed by atoms with Gasteiger partial charge in [0.15, 0.2) is 0 Å². The molecule has 2 aliphatic heterocycles. The van der Waals surface area contributed by atoms with E-state index in [0.29, 0.717) is 13.1 Å². The second kappa shape index (κ2) is 6.11. The number of hydrogen-bond donors (Lipinski definition) is 0. The molecule has 0 unspecified atom stereocenters. The number of benzene rings is 1. The molecule has 0 radical (unpaired) electrons. The van der Waals surface area contributed by atoms with Crippen molar-refractivity contribution in [2.24, 2.45) is 5.41 Å². The highest BCUT2D eigenvalue weighted by Gasteiger charge is 2.59. The van der Waals surface area contributed by atoms with E-state index in [-0.39, 0.29) is 11.8 Å². The standard InChI is InChI=1S/C19H25N3O2/c23-17(21-10-4-5-11-21)19(8-9-19)18(24)22-14-12-20(13-15-22)16-6-2-1-3-7-16/h1-3,6-7H,4-5,8-15H2. The molecule has 24 heavy (non-hydrogen) atoms. The predicted molar refractivity (Wildman–Crippen MR) is 92.7 cm³/mol. The molecule has 3 fully saturated rings. The number of hydrogen-bond acceptors (Lipinski definition) is 3. The van der Waals surface area contributed by atoms with E-state index < -0.39 is 5.41 Å². The van der Waals surface area contributed by atoms with Crippen molar-refractivity contribution in [2.75, 3.05) is 44.2 Å². The molecule has 2 heterocycles. The third-order valence-corrected chi connectivity index (χ3v) is 5.65. The van der Waals surface area contributed by atoms with E-state index in [1.165, 1.54) is 5.69 Å². The van der Waals surface area contributed by atoms with Crippen molar-refractivity contribution < 1.29 is 9.59 Å². The van der Waals surface area contributed by atoms with Crippen LogP contribution < -0.4 is 4.90 Å². The van der Waals surface area contributed by atoms with Crippen molar-refractivity contribution in [3.05, 3.63) is 30.3 Å². The van der Waals surface area contributed by atoms with Crippen molar-refractivity contribution in [1.29, 1.82) is 0 Å². The fourth-order valence-corrected chi connectivity index (χ4v) is 3.98. The summed E-state index contributed by atoms with van der Waals surface area (Å²) in [5.41, 5.74) is 0.498. The van der Waals surface area contributed by atoms with Gasteiger partial charge in [0.05, 0.1) is 0 Å². The molecule has 4 rings (SSSR count). The molecule has 5 nitrogen and oxygen atoms in total. The number of likely N-dealkylation sites (tertiary alicyclic amines) is 1. The molecule has 0 spiro atoms. The monoisotopic (exact) mass is 327 g/mol. The van der Waals surface area contributed by atoms with Gasteiger partial charge in [-0.3, -0.25) is 9.59 Å². The zero-order chi connectivity index (χ0) is 16.6. The average molecular weight is 327 g/mol. The van der Waals surface area contributed by atoms with E-state index in [1.54, 1.807) is 0 Å². The fourth-order valence-electron chi connectivity index (χ4n) is 3.98. The van der Waals surface area contributed by atoms with Crippen LogP contribution in [0.25, 0.3) is 0 Å². The van der Waals surface area contributed by atoms with E-state index in [4.69, 9.17) is 0 Å². The topological polar surface area (TPSA) is 43.9 Å². The van der Waals surface area contributed by atoms with Gasteiger partial charge in [-0.1, -0.05) is 18.2 Å². The van der Waals surface area contributed by atoms with Gasteiger partial charge in [0.1, 0.15) is 5.41 Å². The predicted octanol–water partition coefficient (Wildman–Crippen LogP) is 1.74. The molecule has 2 saturated heterocycles. The molecule has 128 valence electrons. The van der Waals surface area contributed by atoms with Crippen molar-refractivity contribution in [3.8, 4) is 0 Å². The SMILES string of the molecule is O=C(N1CCCC1)C1(C(=O)N2CCN(c3ccccc3)CC2)CC1. The first kappa shape index (κ1) is 15.5. The first-order valence-electron chi connectivity index (χ1n) is 9.09.